The number of methoxy groups -OCH3 is 2. The molecule has 0 spiro atoms. The SMILES string of the molecule is COc1ccc(C2CC(C(F)(F)F)n3nc(-c4cccc(C=O)c4)cc3N2)cc1OC. The molecule has 1 aliphatic rings. The number of alkyl halides is 3. The molecule has 0 aliphatic carbocycles. The lowest BCUT2D eigenvalue weighted by atomic mass is 9.96. The van der Waals surface area contributed by atoms with Crippen LogP contribution in [0.2, 0.25) is 0 Å². The number of anilines is 1. The quantitative estimate of drug-likeness (QED) is 0.574. The topological polar surface area (TPSA) is 65.4 Å². The molecule has 3 aromatic rings. The van der Waals surface area contributed by atoms with Crippen LogP contribution in [0.1, 0.15) is 34.4 Å². The second-order valence-electron chi connectivity index (χ2n) is 7.21. The number of carbonyl (C=O) groups is 1. The van der Waals surface area contributed by atoms with Crippen LogP contribution >= 0.6 is 0 Å². The summed E-state index contributed by atoms with van der Waals surface area (Å²) < 4.78 is 53.3. The third-order valence-corrected chi connectivity index (χ3v) is 5.32. The van der Waals surface area contributed by atoms with Crippen molar-refractivity contribution in [2.45, 2.75) is 24.7 Å². The standard InChI is InChI=1S/C22H20F3N3O3/c1-30-18-7-6-15(9-19(18)31-2)16-10-20(22(23,24)25)28-21(26-16)11-17(27-28)14-5-3-4-13(8-14)12-29/h3-9,11-12,16,20,26H,10H2,1-2H3. The van der Waals surface area contributed by atoms with Gasteiger partial charge in [-0.15, -0.1) is 0 Å². The van der Waals surface area contributed by atoms with Crippen molar-refractivity contribution in [1.82, 2.24) is 9.78 Å². The largest absolute Gasteiger partial charge is 0.493 e. The lowest BCUT2D eigenvalue weighted by Crippen LogP contribution is -2.35. The summed E-state index contributed by atoms with van der Waals surface area (Å²) in [6.45, 7) is 0. The van der Waals surface area contributed by atoms with Gasteiger partial charge in [0, 0.05) is 23.6 Å². The number of aromatic nitrogens is 2. The van der Waals surface area contributed by atoms with E-state index in [9.17, 15) is 18.0 Å². The number of hydrogen-bond acceptors (Lipinski definition) is 5. The molecule has 2 heterocycles. The van der Waals surface area contributed by atoms with Crippen LogP contribution in [0, 0.1) is 0 Å². The molecule has 0 fully saturated rings. The Morgan fingerprint density at radius 3 is 2.55 bits per heavy atom. The summed E-state index contributed by atoms with van der Waals surface area (Å²) in [7, 11) is 2.97. The van der Waals surface area contributed by atoms with Crippen molar-refractivity contribution in [2.24, 2.45) is 0 Å². The van der Waals surface area contributed by atoms with Crippen molar-refractivity contribution in [1.29, 1.82) is 0 Å². The first-order valence-corrected chi connectivity index (χ1v) is 9.54. The Morgan fingerprint density at radius 1 is 1.10 bits per heavy atom. The van der Waals surface area contributed by atoms with Gasteiger partial charge in [0.25, 0.3) is 0 Å². The summed E-state index contributed by atoms with van der Waals surface area (Å²) in [6, 6.07) is 10.8. The minimum absolute atomic E-state index is 0.235. The first-order valence-electron chi connectivity index (χ1n) is 9.54. The van der Waals surface area contributed by atoms with Crippen LogP contribution < -0.4 is 14.8 Å². The molecule has 0 amide bonds. The van der Waals surface area contributed by atoms with E-state index in [1.54, 1.807) is 48.5 Å². The zero-order valence-corrected chi connectivity index (χ0v) is 16.8. The first-order chi connectivity index (χ1) is 14.8. The molecule has 0 saturated heterocycles. The van der Waals surface area contributed by atoms with E-state index < -0.39 is 18.3 Å². The summed E-state index contributed by atoms with van der Waals surface area (Å²) in [5, 5.41) is 7.36. The minimum Gasteiger partial charge on any atom is -0.493 e. The van der Waals surface area contributed by atoms with Gasteiger partial charge in [0.15, 0.2) is 17.5 Å². The Hall–Kier alpha value is -3.49. The van der Waals surface area contributed by atoms with Gasteiger partial charge < -0.3 is 14.8 Å². The van der Waals surface area contributed by atoms with Crippen molar-refractivity contribution in [3.63, 3.8) is 0 Å². The molecule has 6 nitrogen and oxygen atoms in total. The van der Waals surface area contributed by atoms with Gasteiger partial charge >= 0.3 is 6.18 Å². The van der Waals surface area contributed by atoms with Crippen LogP contribution in [0.15, 0.2) is 48.5 Å². The summed E-state index contributed by atoms with van der Waals surface area (Å²) in [5.74, 6) is 1.19. The predicted molar refractivity (Wildman–Crippen MR) is 109 cm³/mol. The van der Waals surface area contributed by atoms with Crippen molar-refractivity contribution in [3.8, 4) is 22.8 Å². The number of carbonyl (C=O) groups excluding carboxylic acids is 1. The Balaban J connectivity index is 1.74. The van der Waals surface area contributed by atoms with Crippen molar-refractivity contribution in [3.05, 3.63) is 59.7 Å². The Bertz CT molecular complexity index is 1110. The summed E-state index contributed by atoms with van der Waals surface area (Å²) >= 11 is 0. The molecule has 0 saturated carbocycles. The lowest BCUT2D eigenvalue weighted by Gasteiger charge is -2.33. The molecular weight excluding hydrogens is 411 g/mol. The summed E-state index contributed by atoms with van der Waals surface area (Å²) in [4.78, 5) is 11.1. The van der Waals surface area contributed by atoms with E-state index in [0.29, 0.717) is 40.2 Å². The molecule has 1 N–H and O–H groups in total. The summed E-state index contributed by atoms with van der Waals surface area (Å²) in [6.07, 6.45) is -4.04. The van der Waals surface area contributed by atoms with Crippen LogP contribution in [0.25, 0.3) is 11.3 Å². The van der Waals surface area contributed by atoms with Gasteiger partial charge in [0.2, 0.25) is 0 Å². The number of ether oxygens (including phenoxy) is 2. The highest BCUT2D eigenvalue weighted by Crippen LogP contribution is 2.45. The molecule has 4 rings (SSSR count). The fourth-order valence-corrected chi connectivity index (χ4v) is 3.77. The monoisotopic (exact) mass is 431 g/mol. The molecule has 1 aliphatic heterocycles. The molecule has 2 atom stereocenters. The molecule has 2 aromatic carbocycles. The van der Waals surface area contributed by atoms with E-state index >= 15 is 0 Å². The molecule has 0 radical (unpaired) electrons. The van der Waals surface area contributed by atoms with Crippen LogP contribution in [0.3, 0.4) is 0 Å². The zero-order valence-electron chi connectivity index (χ0n) is 16.8. The number of nitrogens with zero attached hydrogens (tertiary/aromatic N) is 2. The van der Waals surface area contributed by atoms with Crippen molar-refractivity contribution >= 4 is 12.1 Å². The Kier molecular flexibility index (Phi) is 5.34. The van der Waals surface area contributed by atoms with Crippen LogP contribution in [0.4, 0.5) is 19.0 Å². The molecule has 31 heavy (non-hydrogen) atoms. The highest BCUT2D eigenvalue weighted by molar-refractivity contribution is 5.78. The molecule has 162 valence electrons. The molecule has 9 heteroatoms. The van der Waals surface area contributed by atoms with Crippen LogP contribution in [-0.4, -0.2) is 36.5 Å². The van der Waals surface area contributed by atoms with E-state index in [0.717, 1.165) is 4.68 Å². The fraction of sp³-hybridized carbons (Fsp3) is 0.273. The number of aldehydes is 1. The Labute approximate surface area is 176 Å². The zero-order chi connectivity index (χ0) is 22.2. The van der Waals surface area contributed by atoms with Crippen molar-refractivity contribution < 1.29 is 27.4 Å². The number of rotatable bonds is 5. The van der Waals surface area contributed by atoms with E-state index in [4.69, 9.17) is 9.47 Å². The maximum Gasteiger partial charge on any atom is 0.410 e. The van der Waals surface area contributed by atoms with Gasteiger partial charge in [0.1, 0.15) is 12.1 Å². The highest BCUT2D eigenvalue weighted by Gasteiger charge is 2.46. The fourth-order valence-electron chi connectivity index (χ4n) is 3.77. The maximum atomic E-state index is 13.9. The molecule has 0 bridgehead atoms. The smallest absolute Gasteiger partial charge is 0.410 e. The molecular formula is C22H20F3N3O3. The highest BCUT2D eigenvalue weighted by atomic mass is 19.4. The second kappa shape index (κ2) is 7.98. The number of fused-ring (bicyclic) bond motifs is 1. The second-order valence-corrected chi connectivity index (χ2v) is 7.21. The van der Waals surface area contributed by atoms with Gasteiger partial charge in [-0.05, 0) is 23.8 Å². The van der Waals surface area contributed by atoms with Gasteiger partial charge in [-0.3, -0.25) is 4.79 Å². The van der Waals surface area contributed by atoms with Gasteiger partial charge in [-0.2, -0.15) is 18.3 Å². The minimum atomic E-state index is -4.49. The van der Waals surface area contributed by atoms with Gasteiger partial charge in [-0.25, -0.2) is 4.68 Å². The number of benzene rings is 2. The molecule has 1 aromatic heterocycles. The van der Waals surface area contributed by atoms with E-state index in [1.165, 1.54) is 14.2 Å². The number of halogens is 3. The van der Waals surface area contributed by atoms with Crippen LogP contribution in [0.5, 0.6) is 11.5 Å². The predicted octanol–water partition coefficient (Wildman–Crippen LogP) is 5.04. The summed E-state index contributed by atoms with van der Waals surface area (Å²) in [5.41, 5.74) is 1.99. The normalized spacial score (nSPS) is 18.1. The van der Waals surface area contributed by atoms with Crippen molar-refractivity contribution in [2.75, 3.05) is 19.5 Å². The number of nitrogens with one attached hydrogen (secondary N) is 1. The first kappa shape index (κ1) is 20.8. The van der Waals surface area contributed by atoms with E-state index in [-0.39, 0.29) is 12.2 Å². The average molecular weight is 431 g/mol. The lowest BCUT2D eigenvalue weighted by molar-refractivity contribution is -0.173. The van der Waals surface area contributed by atoms with Gasteiger partial charge in [0.05, 0.1) is 26.0 Å². The third-order valence-electron chi connectivity index (χ3n) is 5.32. The maximum absolute atomic E-state index is 13.9. The number of hydrogen-bond donors (Lipinski definition) is 1. The van der Waals surface area contributed by atoms with E-state index in [1.807, 2.05) is 0 Å². The Morgan fingerprint density at radius 2 is 1.87 bits per heavy atom. The molecule has 2 unspecified atom stereocenters. The third kappa shape index (κ3) is 3.95. The average Bonchev–Trinajstić information content (AvgIpc) is 3.21. The van der Waals surface area contributed by atoms with Gasteiger partial charge in [-0.1, -0.05) is 24.3 Å². The van der Waals surface area contributed by atoms with Crippen LogP contribution in [-0.2, 0) is 0 Å². The van der Waals surface area contributed by atoms with E-state index in [2.05, 4.69) is 10.4 Å².